The summed E-state index contributed by atoms with van der Waals surface area (Å²) < 4.78 is 6.25. The molecule has 0 fully saturated rings. The van der Waals surface area contributed by atoms with Gasteiger partial charge in [0.15, 0.2) is 0 Å². The zero-order valence-electron chi connectivity index (χ0n) is 10.0. The molecule has 0 unspecified atom stereocenters. The van der Waals surface area contributed by atoms with E-state index in [1.807, 2.05) is 30.3 Å². The molecule has 0 heterocycles. The topological polar surface area (TPSA) is 35.2 Å². The molecule has 2 nitrogen and oxygen atoms in total. The van der Waals surface area contributed by atoms with Crippen molar-refractivity contribution < 1.29 is 4.74 Å². The molecule has 0 radical (unpaired) electrons. The van der Waals surface area contributed by atoms with Crippen molar-refractivity contribution in [1.82, 2.24) is 0 Å². The first-order valence-electron chi connectivity index (χ1n) is 5.50. The summed E-state index contributed by atoms with van der Waals surface area (Å²) in [6.45, 7) is 0. The van der Waals surface area contributed by atoms with Gasteiger partial charge in [0, 0.05) is 20.8 Å². The smallest absolute Gasteiger partial charge is 0.119 e. The molecule has 2 aromatic carbocycles. The Hall–Kier alpha value is -1.13. The Kier molecular flexibility index (Phi) is 4.55. The van der Waals surface area contributed by atoms with Crippen molar-refractivity contribution in [3.8, 4) is 5.75 Å². The van der Waals surface area contributed by atoms with Crippen molar-refractivity contribution in [1.29, 1.82) is 0 Å². The van der Waals surface area contributed by atoms with Gasteiger partial charge in [-0.25, -0.2) is 0 Å². The highest BCUT2D eigenvalue weighted by Gasteiger charge is 2.02. The lowest BCUT2D eigenvalue weighted by atomic mass is 10.2. The monoisotopic (exact) mass is 323 g/mol. The zero-order chi connectivity index (χ0) is 13.0. The van der Waals surface area contributed by atoms with Crippen LogP contribution in [0.15, 0.2) is 51.8 Å². The SMILES string of the molecule is COc1cccc(CSc2ccc(N)cc2Br)c1. The molecular formula is C14H14BrNOS. The van der Waals surface area contributed by atoms with Crippen molar-refractivity contribution >= 4 is 33.4 Å². The van der Waals surface area contributed by atoms with Crippen molar-refractivity contribution in [2.24, 2.45) is 0 Å². The fraction of sp³-hybridized carbons (Fsp3) is 0.143. The molecule has 0 saturated heterocycles. The summed E-state index contributed by atoms with van der Waals surface area (Å²) in [5.41, 5.74) is 7.73. The quantitative estimate of drug-likeness (QED) is 0.671. The van der Waals surface area contributed by atoms with Crippen LogP contribution in [0.25, 0.3) is 0 Å². The summed E-state index contributed by atoms with van der Waals surface area (Å²) in [6, 6.07) is 14.0. The Labute approximate surface area is 120 Å². The van der Waals surface area contributed by atoms with Crippen LogP contribution in [0.3, 0.4) is 0 Å². The fourth-order valence-electron chi connectivity index (χ4n) is 1.56. The number of nitrogen functional groups attached to an aromatic ring is 1. The van der Waals surface area contributed by atoms with Crippen LogP contribution in [-0.2, 0) is 5.75 Å². The molecule has 0 amide bonds. The van der Waals surface area contributed by atoms with Crippen LogP contribution in [0, 0.1) is 0 Å². The predicted molar refractivity (Wildman–Crippen MR) is 81.1 cm³/mol. The maximum absolute atomic E-state index is 5.72. The van der Waals surface area contributed by atoms with Gasteiger partial charge in [-0.15, -0.1) is 11.8 Å². The highest BCUT2D eigenvalue weighted by atomic mass is 79.9. The highest BCUT2D eigenvalue weighted by molar-refractivity contribution is 9.10. The molecule has 0 spiro atoms. The maximum atomic E-state index is 5.72. The lowest BCUT2D eigenvalue weighted by Gasteiger charge is -2.06. The Morgan fingerprint density at radius 2 is 2.06 bits per heavy atom. The van der Waals surface area contributed by atoms with Gasteiger partial charge < -0.3 is 10.5 Å². The average molecular weight is 324 g/mol. The summed E-state index contributed by atoms with van der Waals surface area (Å²) in [5, 5.41) is 0. The minimum atomic E-state index is 0.771. The largest absolute Gasteiger partial charge is 0.497 e. The van der Waals surface area contributed by atoms with Gasteiger partial charge in [-0.2, -0.15) is 0 Å². The Morgan fingerprint density at radius 3 is 2.78 bits per heavy atom. The molecule has 0 aliphatic carbocycles. The van der Waals surface area contributed by atoms with E-state index < -0.39 is 0 Å². The van der Waals surface area contributed by atoms with E-state index in [1.165, 1.54) is 10.5 Å². The fourth-order valence-corrected chi connectivity index (χ4v) is 3.16. The molecule has 2 rings (SSSR count). The third kappa shape index (κ3) is 3.43. The number of rotatable bonds is 4. The lowest BCUT2D eigenvalue weighted by molar-refractivity contribution is 0.414. The number of halogens is 1. The molecule has 0 aliphatic heterocycles. The predicted octanol–water partition coefficient (Wildman–Crippen LogP) is 4.33. The Balaban J connectivity index is 2.06. The van der Waals surface area contributed by atoms with Crippen molar-refractivity contribution in [3.05, 3.63) is 52.5 Å². The third-order valence-electron chi connectivity index (χ3n) is 2.48. The summed E-state index contributed by atoms with van der Waals surface area (Å²) in [6.07, 6.45) is 0. The van der Waals surface area contributed by atoms with Crippen LogP contribution in [0.2, 0.25) is 0 Å². The van der Waals surface area contributed by atoms with Gasteiger partial charge in [-0.1, -0.05) is 12.1 Å². The zero-order valence-corrected chi connectivity index (χ0v) is 12.4. The number of nitrogens with two attached hydrogens (primary N) is 1. The van der Waals surface area contributed by atoms with Gasteiger partial charge >= 0.3 is 0 Å². The molecule has 0 atom stereocenters. The minimum Gasteiger partial charge on any atom is -0.497 e. The van der Waals surface area contributed by atoms with Crippen molar-refractivity contribution in [2.75, 3.05) is 12.8 Å². The highest BCUT2D eigenvalue weighted by Crippen LogP contribution is 2.31. The van der Waals surface area contributed by atoms with Crippen LogP contribution in [0.1, 0.15) is 5.56 Å². The minimum absolute atomic E-state index is 0.771. The normalized spacial score (nSPS) is 10.3. The number of hydrogen-bond donors (Lipinski definition) is 1. The summed E-state index contributed by atoms with van der Waals surface area (Å²) in [7, 11) is 1.68. The van der Waals surface area contributed by atoms with E-state index >= 15 is 0 Å². The van der Waals surface area contributed by atoms with Crippen LogP contribution in [-0.4, -0.2) is 7.11 Å². The first-order valence-corrected chi connectivity index (χ1v) is 7.27. The van der Waals surface area contributed by atoms with Gasteiger partial charge in [-0.05, 0) is 51.8 Å². The van der Waals surface area contributed by atoms with Gasteiger partial charge in [0.2, 0.25) is 0 Å². The average Bonchev–Trinajstić information content (AvgIpc) is 2.38. The molecular weight excluding hydrogens is 310 g/mol. The number of thioether (sulfide) groups is 1. The number of ether oxygens (including phenoxy) is 1. The Morgan fingerprint density at radius 1 is 1.22 bits per heavy atom. The first kappa shape index (κ1) is 13.3. The Bertz CT molecular complexity index is 545. The molecule has 0 saturated carbocycles. The molecule has 18 heavy (non-hydrogen) atoms. The molecule has 0 aliphatic rings. The maximum Gasteiger partial charge on any atom is 0.119 e. The van der Waals surface area contributed by atoms with E-state index in [9.17, 15) is 0 Å². The van der Waals surface area contributed by atoms with E-state index in [2.05, 4.69) is 28.1 Å². The first-order chi connectivity index (χ1) is 8.69. The molecule has 0 aromatic heterocycles. The standard InChI is InChI=1S/C14H14BrNOS/c1-17-12-4-2-3-10(7-12)9-18-14-6-5-11(16)8-13(14)15/h2-8H,9,16H2,1H3. The second kappa shape index (κ2) is 6.16. The van der Waals surface area contributed by atoms with Crippen LogP contribution in [0.5, 0.6) is 5.75 Å². The van der Waals surface area contributed by atoms with Crippen molar-refractivity contribution in [2.45, 2.75) is 10.6 Å². The van der Waals surface area contributed by atoms with Crippen molar-refractivity contribution in [3.63, 3.8) is 0 Å². The molecule has 2 aromatic rings. The number of anilines is 1. The van der Waals surface area contributed by atoms with E-state index in [4.69, 9.17) is 10.5 Å². The van der Waals surface area contributed by atoms with Gasteiger partial charge in [-0.3, -0.25) is 0 Å². The molecule has 4 heteroatoms. The molecule has 2 N–H and O–H groups in total. The van der Waals surface area contributed by atoms with Gasteiger partial charge in [0.05, 0.1) is 7.11 Å². The number of benzene rings is 2. The van der Waals surface area contributed by atoms with Gasteiger partial charge in [0.1, 0.15) is 5.75 Å². The third-order valence-corrected chi connectivity index (χ3v) is 4.55. The van der Waals surface area contributed by atoms with E-state index in [-0.39, 0.29) is 0 Å². The lowest BCUT2D eigenvalue weighted by Crippen LogP contribution is -1.87. The van der Waals surface area contributed by atoms with E-state index in [0.717, 1.165) is 21.7 Å². The summed E-state index contributed by atoms with van der Waals surface area (Å²) in [5.74, 6) is 1.80. The van der Waals surface area contributed by atoms with E-state index in [0.29, 0.717) is 0 Å². The number of hydrogen-bond acceptors (Lipinski definition) is 3. The van der Waals surface area contributed by atoms with Crippen LogP contribution >= 0.6 is 27.7 Å². The van der Waals surface area contributed by atoms with Gasteiger partial charge in [0.25, 0.3) is 0 Å². The number of methoxy groups -OCH3 is 1. The van der Waals surface area contributed by atoms with Crippen LogP contribution in [0.4, 0.5) is 5.69 Å². The summed E-state index contributed by atoms with van der Waals surface area (Å²) in [4.78, 5) is 1.19. The second-order valence-electron chi connectivity index (χ2n) is 3.83. The second-order valence-corrected chi connectivity index (χ2v) is 5.70. The molecule has 94 valence electrons. The molecule has 0 bridgehead atoms. The van der Waals surface area contributed by atoms with E-state index in [1.54, 1.807) is 18.9 Å². The van der Waals surface area contributed by atoms with Crippen LogP contribution < -0.4 is 10.5 Å². The summed E-state index contributed by atoms with van der Waals surface area (Å²) >= 11 is 5.29.